The van der Waals surface area contributed by atoms with Gasteiger partial charge < -0.3 is 20.0 Å². The Morgan fingerprint density at radius 2 is 2.04 bits per heavy atom. The van der Waals surface area contributed by atoms with E-state index in [0.29, 0.717) is 36.2 Å². The normalized spacial score (nSPS) is 30.1. The van der Waals surface area contributed by atoms with Gasteiger partial charge in [-0.05, 0) is 12.8 Å². The third-order valence-electron chi connectivity index (χ3n) is 4.58. The first-order valence-corrected chi connectivity index (χ1v) is 9.33. The molecule has 0 aromatic carbocycles. The highest BCUT2D eigenvalue weighted by atomic mass is 32.3. The van der Waals surface area contributed by atoms with Crippen LogP contribution >= 0.6 is 0 Å². The van der Waals surface area contributed by atoms with Crippen molar-refractivity contribution in [3.63, 3.8) is 0 Å². The van der Waals surface area contributed by atoms with Crippen molar-refractivity contribution >= 4 is 16.4 Å². The van der Waals surface area contributed by atoms with Crippen molar-refractivity contribution in [3.05, 3.63) is 11.8 Å². The van der Waals surface area contributed by atoms with Gasteiger partial charge in [0.05, 0.1) is 12.1 Å². The van der Waals surface area contributed by atoms with E-state index in [1.165, 1.54) is 4.90 Å². The number of urea groups is 1. The number of amides is 2. The van der Waals surface area contributed by atoms with E-state index in [1.807, 2.05) is 0 Å². The fourth-order valence-corrected chi connectivity index (χ4v) is 3.83. The Labute approximate surface area is 143 Å². The molecule has 1 aromatic heterocycles. The zero-order chi connectivity index (χ0) is 17.6. The van der Waals surface area contributed by atoms with Crippen LogP contribution in [0.1, 0.15) is 36.7 Å². The lowest BCUT2D eigenvalue weighted by Crippen LogP contribution is -2.42. The summed E-state index contributed by atoms with van der Waals surface area (Å²) in [6.07, 6.45) is 1.02. The zero-order valence-electron chi connectivity index (χ0n) is 13.2. The molecule has 3 aliphatic rings. The Bertz CT molecular complexity index is 762. The molecule has 1 aromatic rings. The molecular weight excluding hydrogens is 356 g/mol. The van der Waals surface area contributed by atoms with Crippen molar-refractivity contribution in [2.45, 2.75) is 31.0 Å². The number of rotatable bonds is 4. The summed E-state index contributed by atoms with van der Waals surface area (Å²) in [4.78, 5) is 13.8. The largest absolute Gasteiger partial charge is 0.421 e. The summed E-state index contributed by atoms with van der Waals surface area (Å²) < 4.78 is 40.8. The maximum Gasteiger partial charge on any atom is 0.418 e. The first kappa shape index (κ1) is 16.7. The van der Waals surface area contributed by atoms with Gasteiger partial charge in [0.1, 0.15) is 6.04 Å². The Morgan fingerprint density at radius 3 is 2.76 bits per heavy atom. The van der Waals surface area contributed by atoms with Gasteiger partial charge in [-0.1, -0.05) is 0 Å². The standard InChI is InChI=1S/C12H18N6O6S/c19-12-17-6-7(18(12)24-25(20,21)22)1-2-9(17)11-16-15-10(23-11)8-5-13-3-4-14-8/h7-9,13-14H,1-6H2,(H,20,21,22)/t7-,8+,9+/m1/s1. The minimum absolute atomic E-state index is 0.0833. The van der Waals surface area contributed by atoms with Gasteiger partial charge in [-0.2, -0.15) is 13.5 Å². The summed E-state index contributed by atoms with van der Waals surface area (Å²) in [7, 11) is -4.76. The van der Waals surface area contributed by atoms with E-state index >= 15 is 0 Å². The van der Waals surface area contributed by atoms with Crippen LogP contribution in [0, 0.1) is 0 Å². The minimum atomic E-state index is -4.76. The minimum Gasteiger partial charge on any atom is -0.421 e. The Morgan fingerprint density at radius 1 is 1.24 bits per heavy atom. The average Bonchev–Trinajstić information content (AvgIpc) is 3.16. The number of hydrogen-bond donors (Lipinski definition) is 3. The Hall–Kier alpha value is -1.80. The van der Waals surface area contributed by atoms with Crippen molar-refractivity contribution in [3.8, 4) is 0 Å². The van der Waals surface area contributed by atoms with Gasteiger partial charge in [-0.25, -0.2) is 4.79 Å². The molecule has 13 heteroatoms. The predicted molar refractivity (Wildman–Crippen MR) is 80.2 cm³/mol. The van der Waals surface area contributed by atoms with Gasteiger partial charge in [0.25, 0.3) is 0 Å². The van der Waals surface area contributed by atoms with Gasteiger partial charge in [0, 0.05) is 26.2 Å². The van der Waals surface area contributed by atoms with E-state index in [-0.39, 0.29) is 12.6 Å². The lowest BCUT2D eigenvalue weighted by molar-refractivity contribution is -0.0317. The second-order valence-electron chi connectivity index (χ2n) is 6.20. The number of hydroxylamine groups is 2. The molecule has 3 fully saturated rings. The maximum absolute atomic E-state index is 12.4. The zero-order valence-corrected chi connectivity index (χ0v) is 14.0. The van der Waals surface area contributed by atoms with Crippen molar-refractivity contribution < 1.29 is 26.5 Å². The smallest absolute Gasteiger partial charge is 0.418 e. The lowest BCUT2D eigenvalue weighted by Gasteiger charge is -2.27. The highest BCUT2D eigenvalue weighted by molar-refractivity contribution is 7.80. The van der Waals surface area contributed by atoms with Crippen molar-refractivity contribution in [2.75, 3.05) is 26.2 Å². The molecule has 0 aliphatic carbocycles. The van der Waals surface area contributed by atoms with Crippen LogP contribution in [0.3, 0.4) is 0 Å². The summed E-state index contributed by atoms with van der Waals surface area (Å²) in [5.74, 6) is 0.755. The van der Waals surface area contributed by atoms with E-state index in [0.717, 1.165) is 13.1 Å². The van der Waals surface area contributed by atoms with Crippen LogP contribution in [0.2, 0.25) is 0 Å². The van der Waals surface area contributed by atoms with Gasteiger partial charge in [-0.3, -0.25) is 4.55 Å². The summed E-state index contributed by atoms with van der Waals surface area (Å²) >= 11 is 0. The van der Waals surface area contributed by atoms with Gasteiger partial charge in [-0.15, -0.1) is 14.5 Å². The fourth-order valence-electron chi connectivity index (χ4n) is 3.44. The molecular formula is C12H18N6O6S. The lowest BCUT2D eigenvalue weighted by atomic mass is 10.0. The molecule has 138 valence electrons. The molecule has 4 rings (SSSR count). The van der Waals surface area contributed by atoms with Crippen LogP contribution < -0.4 is 10.6 Å². The average molecular weight is 374 g/mol. The first-order valence-electron chi connectivity index (χ1n) is 7.96. The molecule has 3 aliphatic heterocycles. The molecule has 2 amide bonds. The Kier molecular flexibility index (Phi) is 4.11. The highest BCUT2D eigenvalue weighted by Gasteiger charge is 2.49. The van der Waals surface area contributed by atoms with Crippen LogP contribution in [-0.4, -0.2) is 71.4 Å². The topological polar surface area (TPSA) is 150 Å². The monoisotopic (exact) mass is 374 g/mol. The molecule has 25 heavy (non-hydrogen) atoms. The molecule has 0 radical (unpaired) electrons. The van der Waals surface area contributed by atoms with Crippen LogP contribution in [0.15, 0.2) is 4.42 Å². The van der Waals surface area contributed by atoms with Gasteiger partial charge >= 0.3 is 16.4 Å². The van der Waals surface area contributed by atoms with E-state index < -0.39 is 28.5 Å². The van der Waals surface area contributed by atoms with Crippen molar-refractivity contribution in [2.24, 2.45) is 0 Å². The summed E-state index contributed by atoms with van der Waals surface area (Å²) in [6, 6.07) is -1.63. The molecule has 3 saturated heterocycles. The van der Waals surface area contributed by atoms with Crippen LogP contribution in [0.5, 0.6) is 0 Å². The summed E-state index contributed by atoms with van der Waals surface area (Å²) in [5.41, 5.74) is 0. The van der Waals surface area contributed by atoms with E-state index in [4.69, 9.17) is 8.97 Å². The maximum atomic E-state index is 12.4. The van der Waals surface area contributed by atoms with Crippen LogP contribution in [-0.2, 0) is 14.7 Å². The number of aromatic nitrogens is 2. The highest BCUT2D eigenvalue weighted by Crippen LogP contribution is 2.38. The van der Waals surface area contributed by atoms with Gasteiger partial charge in [0.2, 0.25) is 11.8 Å². The number of nitrogens with one attached hydrogen (secondary N) is 2. The fraction of sp³-hybridized carbons (Fsp3) is 0.750. The second kappa shape index (κ2) is 6.17. The van der Waals surface area contributed by atoms with Crippen molar-refractivity contribution in [1.82, 2.24) is 30.8 Å². The molecule has 0 saturated carbocycles. The number of nitrogens with zero attached hydrogens (tertiary/aromatic N) is 4. The Balaban J connectivity index is 1.51. The number of carbonyl (C=O) groups excluding carboxylic acids is 1. The molecule has 4 heterocycles. The molecule has 3 atom stereocenters. The number of carbonyl (C=O) groups is 1. The van der Waals surface area contributed by atoms with E-state index in [2.05, 4.69) is 25.1 Å². The molecule has 12 nitrogen and oxygen atoms in total. The molecule has 3 N–H and O–H groups in total. The second-order valence-corrected chi connectivity index (χ2v) is 7.20. The van der Waals surface area contributed by atoms with E-state index in [1.54, 1.807) is 0 Å². The molecule has 0 unspecified atom stereocenters. The van der Waals surface area contributed by atoms with Gasteiger partial charge in [0.15, 0.2) is 0 Å². The first-order chi connectivity index (χ1) is 11.9. The molecule has 0 spiro atoms. The number of piperazine rings is 1. The summed E-state index contributed by atoms with van der Waals surface area (Å²) in [5, 5.41) is 15.3. The number of fused-ring (bicyclic) bond motifs is 2. The van der Waals surface area contributed by atoms with Crippen LogP contribution in [0.25, 0.3) is 0 Å². The third-order valence-corrected chi connectivity index (χ3v) is 4.93. The summed E-state index contributed by atoms with van der Waals surface area (Å²) in [6.45, 7) is 2.60. The number of piperidine rings is 1. The van der Waals surface area contributed by atoms with Crippen molar-refractivity contribution in [1.29, 1.82) is 0 Å². The molecule has 2 bridgehead atoms. The quantitative estimate of drug-likeness (QED) is 0.559. The third kappa shape index (κ3) is 3.20. The van der Waals surface area contributed by atoms with E-state index in [9.17, 15) is 13.2 Å². The predicted octanol–water partition coefficient (Wildman–Crippen LogP) is -1.02. The van der Waals surface area contributed by atoms with Crippen LogP contribution in [0.4, 0.5) is 4.79 Å². The SMILES string of the molecule is O=C1N2C[C@@H](CC[C@H]2c2nnc([C@@H]3CNCCN3)o2)N1OS(=O)(=O)O. The number of hydrogen-bond acceptors (Lipinski definition) is 9.